The van der Waals surface area contributed by atoms with Crippen LogP contribution in [-0.2, 0) is 0 Å². The molecule has 0 saturated carbocycles. The van der Waals surface area contributed by atoms with Gasteiger partial charge in [0.05, 0.1) is 0 Å². The Morgan fingerprint density at radius 1 is 1.00 bits per heavy atom. The molecule has 58 valence electrons. The minimum atomic E-state index is -0.597. The summed E-state index contributed by atoms with van der Waals surface area (Å²) in [6, 6.07) is 0. The van der Waals surface area contributed by atoms with Crippen molar-refractivity contribution in [1.29, 1.82) is 0 Å². The third kappa shape index (κ3) is 14.5. The van der Waals surface area contributed by atoms with Gasteiger partial charge in [-0.1, -0.05) is 0 Å². The number of H-pyrrole nitrogens is 1. The second-order valence-corrected chi connectivity index (χ2v) is 1.91. The van der Waals surface area contributed by atoms with Crippen LogP contribution in [0.15, 0.2) is 4.79 Å². The van der Waals surface area contributed by atoms with E-state index in [-0.39, 0.29) is 165 Å². The van der Waals surface area contributed by atoms with E-state index < -0.39 is 5.69 Å². The molecule has 0 amide bonds. The molecule has 0 aromatic carbocycles. The molecule has 1 N–H and O–H groups in total. The van der Waals surface area contributed by atoms with Crippen LogP contribution in [0, 0.1) is 0 Å². The number of hydrogen-bond donors (Lipinski definition) is 1. The second-order valence-electron chi connectivity index (χ2n) is 1.21. The van der Waals surface area contributed by atoms with Gasteiger partial charge in [0.2, 0.25) is 10.6 Å². The molecule has 0 saturated heterocycles. The van der Waals surface area contributed by atoms with Crippen molar-refractivity contribution in [3.05, 3.63) is 21.1 Å². The molecule has 0 atom stereocenters. The first-order valence-corrected chi connectivity index (χ1v) is 2.73. The van der Waals surface area contributed by atoms with Crippen LogP contribution in [0.2, 0.25) is 10.6 Å². The van der Waals surface area contributed by atoms with E-state index in [1.54, 1.807) is 0 Å². The van der Waals surface area contributed by atoms with Crippen LogP contribution in [-0.4, -0.2) is 15.0 Å². The van der Waals surface area contributed by atoms with Crippen molar-refractivity contribution < 1.29 is 155 Å². The Labute approximate surface area is 209 Å². The largest absolute Gasteiger partial charge is 1.00 e. The average Bonchev–Trinajstić information content (AvgIpc) is 1.59. The van der Waals surface area contributed by atoms with Gasteiger partial charge in [0, 0.05) is 0 Å². The number of nitrogens with zero attached hydrogens (tertiary/aromatic N) is 2. The SMILES string of the molecule is O=c1nc(Cl)nc(Cl)[nH]1.[H-].[H-].[H-].[H-].[H-].[Na+].[Na+].[Na+].[Na+].[Na+]. The summed E-state index contributed by atoms with van der Waals surface area (Å²) in [6.07, 6.45) is 0. The predicted molar refractivity (Wildman–Crippen MR) is 38.2 cm³/mol. The Kier molecular flexibility index (Phi) is 38.5. The maximum atomic E-state index is 10.3. The Hall–Kier alpha value is 4.39. The number of rotatable bonds is 0. The third-order valence-electron chi connectivity index (χ3n) is 0.594. The zero-order valence-corrected chi connectivity index (χ0v) is 20.6. The van der Waals surface area contributed by atoms with E-state index in [1.807, 2.05) is 0 Å². The van der Waals surface area contributed by atoms with Gasteiger partial charge < -0.3 is 7.13 Å². The van der Waals surface area contributed by atoms with E-state index in [2.05, 4.69) is 15.0 Å². The molecule has 0 fully saturated rings. The van der Waals surface area contributed by atoms with Gasteiger partial charge in [-0.25, -0.2) is 4.79 Å². The van der Waals surface area contributed by atoms with Crippen molar-refractivity contribution in [2.24, 2.45) is 0 Å². The second kappa shape index (κ2) is 17.4. The van der Waals surface area contributed by atoms with Gasteiger partial charge in [0.25, 0.3) is 0 Å². The Morgan fingerprint density at radius 2 is 1.43 bits per heavy atom. The molecule has 0 unspecified atom stereocenters. The zero-order valence-electron chi connectivity index (χ0n) is 14.1. The van der Waals surface area contributed by atoms with Crippen LogP contribution in [0.4, 0.5) is 0 Å². The normalized spacial score (nSPS) is 6.14. The molecule has 1 rings (SSSR count). The van der Waals surface area contributed by atoms with Crippen LogP contribution >= 0.6 is 23.2 Å². The number of hydrogen-bond acceptors (Lipinski definition) is 3. The zero-order chi connectivity index (χ0) is 6.85. The molecule has 1 aromatic rings. The molecule has 11 heteroatoms. The first-order chi connectivity index (χ1) is 4.18. The van der Waals surface area contributed by atoms with Gasteiger partial charge in [-0.3, -0.25) is 4.98 Å². The van der Waals surface area contributed by atoms with E-state index in [0.29, 0.717) is 0 Å². The smallest absolute Gasteiger partial charge is 1.00 e. The molecule has 0 aliphatic heterocycles. The fourth-order valence-corrected chi connectivity index (χ4v) is 0.699. The Balaban J connectivity index is -0.0000000101. The van der Waals surface area contributed by atoms with E-state index >= 15 is 0 Å². The fraction of sp³-hybridized carbons (Fsp3) is 0. The van der Waals surface area contributed by atoms with Gasteiger partial charge in [-0.05, 0) is 23.2 Å². The molecule has 14 heavy (non-hydrogen) atoms. The molecule has 4 nitrogen and oxygen atoms in total. The maximum Gasteiger partial charge on any atom is 1.00 e. The van der Waals surface area contributed by atoms with E-state index in [4.69, 9.17) is 23.2 Å². The summed E-state index contributed by atoms with van der Waals surface area (Å²) in [5.74, 6) is 0. The first kappa shape index (κ1) is 31.0. The van der Waals surface area contributed by atoms with Gasteiger partial charge in [-0.15, -0.1) is 0 Å². The standard InChI is InChI=1S/C3HCl2N3O.5Na.5H/c4-1-6-2(5)8-3(9)7-1;;;;;;;;;;/h(H,6,7,8,9);;;;;;;;;;/q;5*+1;5*-1. The van der Waals surface area contributed by atoms with Crippen molar-refractivity contribution in [1.82, 2.24) is 15.0 Å². The molecule has 1 aromatic heterocycles. The molecule has 0 spiro atoms. The van der Waals surface area contributed by atoms with Crippen molar-refractivity contribution >= 4 is 23.2 Å². The van der Waals surface area contributed by atoms with Crippen LogP contribution in [0.5, 0.6) is 0 Å². The van der Waals surface area contributed by atoms with Crippen LogP contribution in [0.1, 0.15) is 7.13 Å². The van der Waals surface area contributed by atoms with Crippen molar-refractivity contribution in [3.63, 3.8) is 0 Å². The van der Waals surface area contributed by atoms with Crippen LogP contribution in [0.25, 0.3) is 0 Å². The fourth-order valence-electron chi connectivity index (χ4n) is 0.334. The topological polar surface area (TPSA) is 58.6 Å². The summed E-state index contributed by atoms with van der Waals surface area (Å²) >= 11 is 10.5. The summed E-state index contributed by atoms with van der Waals surface area (Å²) in [4.78, 5) is 19.0. The first-order valence-electron chi connectivity index (χ1n) is 1.98. The Bertz CT molecular complexity index is 276. The van der Waals surface area contributed by atoms with Crippen molar-refractivity contribution in [3.8, 4) is 0 Å². The maximum absolute atomic E-state index is 10.3. The molecule has 1 heterocycles. The van der Waals surface area contributed by atoms with Crippen LogP contribution < -0.4 is 153 Å². The minimum Gasteiger partial charge on any atom is -1.00 e. The van der Waals surface area contributed by atoms with Gasteiger partial charge >= 0.3 is 153 Å². The van der Waals surface area contributed by atoms with Crippen molar-refractivity contribution in [2.45, 2.75) is 0 Å². The molecule has 0 aliphatic rings. The molecule has 0 radical (unpaired) electrons. The summed E-state index contributed by atoms with van der Waals surface area (Å²) in [5.41, 5.74) is -0.597. The molecular weight excluding hydrogens is 280 g/mol. The summed E-state index contributed by atoms with van der Waals surface area (Å²) in [6.45, 7) is 0. The van der Waals surface area contributed by atoms with Gasteiger partial charge in [0.15, 0.2) is 0 Å². The number of aromatic amines is 1. The summed E-state index contributed by atoms with van der Waals surface area (Å²) in [5, 5.41) is -0.205. The monoisotopic (exact) mass is 285 g/mol. The van der Waals surface area contributed by atoms with Gasteiger partial charge in [-0.2, -0.15) is 9.97 Å². The quantitative estimate of drug-likeness (QED) is 0.482. The summed E-state index contributed by atoms with van der Waals surface area (Å²) < 4.78 is 0. The predicted octanol–water partition coefficient (Wildman–Crippen LogP) is -13.9. The Morgan fingerprint density at radius 3 is 1.71 bits per heavy atom. The van der Waals surface area contributed by atoms with Gasteiger partial charge in [0.1, 0.15) is 0 Å². The number of aromatic nitrogens is 3. The average molecular weight is 286 g/mol. The third-order valence-corrected chi connectivity index (χ3v) is 0.942. The minimum absolute atomic E-state index is 0. The molecule has 0 aliphatic carbocycles. The van der Waals surface area contributed by atoms with E-state index in [1.165, 1.54) is 0 Å². The number of halogens is 2. The molecular formula is C3H6Cl2N3Na5O. The summed E-state index contributed by atoms with van der Waals surface area (Å²) in [7, 11) is 0. The van der Waals surface area contributed by atoms with Crippen molar-refractivity contribution in [2.75, 3.05) is 0 Å². The van der Waals surface area contributed by atoms with Crippen LogP contribution in [0.3, 0.4) is 0 Å². The number of nitrogens with one attached hydrogen (secondary N) is 1. The van der Waals surface area contributed by atoms with E-state index in [0.717, 1.165) is 0 Å². The van der Waals surface area contributed by atoms with E-state index in [9.17, 15) is 4.79 Å². The molecule has 0 bridgehead atoms.